The Morgan fingerprint density at radius 1 is 1.53 bits per heavy atom. The van der Waals surface area contributed by atoms with Crippen LogP contribution in [0.4, 0.5) is 5.69 Å². The third-order valence-electron chi connectivity index (χ3n) is 3.11. The second-order valence-corrected chi connectivity index (χ2v) is 4.55. The highest BCUT2D eigenvalue weighted by Crippen LogP contribution is 2.23. The number of carbonyl (C=O) groups excluding carboxylic acids is 1. The number of nitrogens with one attached hydrogen (secondary N) is 1. The number of hydrogen-bond acceptors (Lipinski definition) is 3. The van der Waals surface area contributed by atoms with E-state index in [1.807, 2.05) is 6.92 Å². The molecule has 1 aliphatic rings. The van der Waals surface area contributed by atoms with E-state index in [1.54, 1.807) is 25.1 Å². The van der Waals surface area contributed by atoms with Crippen LogP contribution in [0.1, 0.15) is 18.9 Å². The Morgan fingerprint density at radius 2 is 2.29 bits per heavy atom. The van der Waals surface area contributed by atoms with Gasteiger partial charge in [-0.3, -0.25) is 4.79 Å². The molecule has 4 heteroatoms. The molecule has 2 unspecified atom stereocenters. The molecule has 0 saturated carbocycles. The summed E-state index contributed by atoms with van der Waals surface area (Å²) in [7, 11) is 0. The van der Waals surface area contributed by atoms with Gasteiger partial charge in [0, 0.05) is 12.3 Å². The van der Waals surface area contributed by atoms with E-state index in [0.717, 1.165) is 12.0 Å². The highest BCUT2D eigenvalue weighted by atomic mass is 16.5. The molecule has 1 saturated heterocycles. The van der Waals surface area contributed by atoms with Crippen molar-refractivity contribution < 1.29 is 14.6 Å². The molecule has 1 aromatic carbocycles. The van der Waals surface area contributed by atoms with Crippen LogP contribution in [0.15, 0.2) is 18.2 Å². The largest absolute Gasteiger partial charge is 0.508 e. The van der Waals surface area contributed by atoms with Crippen LogP contribution < -0.4 is 5.32 Å². The van der Waals surface area contributed by atoms with E-state index in [1.165, 1.54) is 0 Å². The second-order valence-electron chi connectivity index (χ2n) is 4.55. The predicted octanol–water partition coefficient (Wildman–Crippen LogP) is 2.06. The average molecular weight is 235 g/mol. The zero-order chi connectivity index (χ0) is 12.4. The fourth-order valence-corrected chi connectivity index (χ4v) is 1.98. The number of amides is 1. The fourth-order valence-electron chi connectivity index (χ4n) is 1.98. The summed E-state index contributed by atoms with van der Waals surface area (Å²) < 4.78 is 5.39. The van der Waals surface area contributed by atoms with Crippen molar-refractivity contribution in [3.8, 4) is 5.75 Å². The van der Waals surface area contributed by atoms with Crippen molar-refractivity contribution in [2.75, 3.05) is 11.9 Å². The number of phenolic OH excluding ortho intramolecular Hbond substituents is 1. The molecule has 0 aliphatic carbocycles. The Kier molecular flexibility index (Phi) is 3.33. The van der Waals surface area contributed by atoms with E-state index >= 15 is 0 Å². The van der Waals surface area contributed by atoms with Gasteiger partial charge in [-0.15, -0.1) is 0 Å². The number of ether oxygens (including phenoxy) is 1. The molecule has 17 heavy (non-hydrogen) atoms. The number of hydrogen-bond donors (Lipinski definition) is 2. The molecule has 0 radical (unpaired) electrons. The fraction of sp³-hybridized carbons (Fsp3) is 0.462. The Balaban J connectivity index is 2.05. The van der Waals surface area contributed by atoms with Crippen LogP contribution in [0.2, 0.25) is 0 Å². The Bertz CT molecular complexity index is 431. The monoisotopic (exact) mass is 235 g/mol. The zero-order valence-electron chi connectivity index (χ0n) is 10.1. The highest BCUT2D eigenvalue weighted by Gasteiger charge is 2.30. The van der Waals surface area contributed by atoms with Crippen LogP contribution in [-0.2, 0) is 9.53 Å². The van der Waals surface area contributed by atoms with Crippen LogP contribution in [0.25, 0.3) is 0 Å². The summed E-state index contributed by atoms with van der Waals surface area (Å²) >= 11 is 0. The van der Waals surface area contributed by atoms with Crippen LogP contribution in [0.5, 0.6) is 5.75 Å². The Labute approximate surface area is 101 Å². The standard InChI is InChI=1S/C13H17NO3/c1-8-5-6-17-12(8)13(16)14-10-3-4-11(15)9(2)7-10/h3-4,7-8,12,15H,5-6H2,1-2H3,(H,14,16). The first kappa shape index (κ1) is 11.9. The summed E-state index contributed by atoms with van der Waals surface area (Å²) in [6.07, 6.45) is 0.566. The third kappa shape index (κ3) is 2.58. The van der Waals surface area contributed by atoms with Gasteiger partial charge >= 0.3 is 0 Å². The first-order chi connectivity index (χ1) is 8.08. The number of aryl methyl sites for hydroxylation is 1. The maximum absolute atomic E-state index is 11.9. The van der Waals surface area contributed by atoms with Gasteiger partial charge < -0.3 is 15.2 Å². The van der Waals surface area contributed by atoms with Gasteiger partial charge in [0.15, 0.2) is 0 Å². The van der Waals surface area contributed by atoms with Gasteiger partial charge in [0.25, 0.3) is 5.91 Å². The molecule has 1 amide bonds. The number of aromatic hydroxyl groups is 1. The maximum Gasteiger partial charge on any atom is 0.253 e. The molecule has 2 atom stereocenters. The number of benzene rings is 1. The Hall–Kier alpha value is -1.55. The Morgan fingerprint density at radius 3 is 2.88 bits per heavy atom. The number of rotatable bonds is 2. The summed E-state index contributed by atoms with van der Waals surface area (Å²) in [4.78, 5) is 11.9. The molecule has 0 bridgehead atoms. The molecule has 1 aromatic rings. The van der Waals surface area contributed by atoms with Gasteiger partial charge in [-0.05, 0) is 43.0 Å². The minimum atomic E-state index is -0.357. The maximum atomic E-state index is 11.9. The van der Waals surface area contributed by atoms with Crippen molar-refractivity contribution in [1.82, 2.24) is 0 Å². The van der Waals surface area contributed by atoms with Gasteiger partial charge in [0.2, 0.25) is 0 Å². The number of phenols is 1. The van der Waals surface area contributed by atoms with E-state index in [0.29, 0.717) is 12.3 Å². The summed E-state index contributed by atoms with van der Waals surface area (Å²) in [5, 5.41) is 12.2. The number of carbonyl (C=O) groups is 1. The van der Waals surface area contributed by atoms with Crippen LogP contribution >= 0.6 is 0 Å². The SMILES string of the molecule is Cc1cc(NC(=O)C2OCCC2C)ccc1O. The zero-order valence-corrected chi connectivity index (χ0v) is 10.1. The average Bonchev–Trinajstić information content (AvgIpc) is 2.70. The second kappa shape index (κ2) is 4.75. The lowest BCUT2D eigenvalue weighted by atomic mass is 10.0. The van der Waals surface area contributed by atoms with Crippen molar-refractivity contribution in [1.29, 1.82) is 0 Å². The quantitative estimate of drug-likeness (QED) is 0.771. The van der Waals surface area contributed by atoms with E-state index in [-0.39, 0.29) is 23.7 Å². The van der Waals surface area contributed by atoms with Gasteiger partial charge in [0.05, 0.1) is 0 Å². The molecule has 4 nitrogen and oxygen atoms in total. The van der Waals surface area contributed by atoms with Crippen molar-refractivity contribution in [3.63, 3.8) is 0 Å². The molecule has 0 aromatic heterocycles. The normalized spacial score (nSPS) is 23.6. The van der Waals surface area contributed by atoms with Crippen LogP contribution in [0, 0.1) is 12.8 Å². The lowest BCUT2D eigenvalue weighted by Gasteiger charge is -2.14. The molecule has 1 fully saturated rings. The summed E-state index contributed by atoms with van der Waals surface area (Å²) in [5.74, 6) is 0.377. The van der Waals surface area contributed by atoms with Crippen LogP contribution in [-0.4, -0.2) is 23.7 Å². The predicted molar refractivity (Wildman–Crippen MR) is 65.0 cm³/mol. The molecule has 0 spiro atoms. The van der Waals surface area contributed by atoms with Gasteiger partial charge in [0.1, 0.15) is 11.9 Å². The molecule has 1 aliphatic heterocycles. The lowest BCUT2D eigenvalue weighted by molar-refractivity contribution is -0.126. The summed E-state index contributed by atoms with van der Waals surface area (Å²) in [6, 6.07) is 5.00. The van der Waals surface area contributed by atoms with Gasteiger partial charge in [-0.1, -0.05) is 6.92 Å². The smallest absolute Gasteiger partial charge is 0.253 e. The topological polar surface area (TPSA) is 58.6 Å². The van der Waals surface area contributed by atoms with E-state index in [4.69, 9.17) is 4.74 Å². The molecule has 2 N–H and O–H groups in total. The molecule has 1 heterocycles. The molecular weight excluding hydrogens is 218 g/mol. The summed E-state index contributed by atoms with van der Waals surface area (Å²) in [5.41, 5.74) is 1.43. The van der Waals surface area contributed by atoms with Crippen molar-refractivity contribution >= 4 is 11.6 Å². The van der Waals surface area contributed by atoms with Gasteiger partial charge in [-0.2, -0.15) is 0 Å². The van der Waals surface area contributed by atoms with Crippen LogP contribution in [0.3, 0.4) is 0 Å². The van der Waals surface area contributed by atoms with Gasteiger partial charge in [-0.25, -0.2) is 0 Å². The first-order valence-corrected chi connectivity index (χ1v) is 5.80. The molecular formula is C13H17NO3. The third-order valence-corrected chi connectivity index (χ3v) is 3.11. The number of anilines is 1. The van der Waals surface area contributed by atoms with E-state index in [9.17, 15) is 9.90 Å². The first-order valence-electron chi connectivity index (χ1n) is 5.80. The van der Waals surface area contributed by atoms with E-state index < -0.39 is 0 Å². The van der Waals surface area contributed by atoms with Crippen molar-refractivity contribution in [2.45, 2.75) is 26.4 Å². The minimum Gasteiger partial charge on any atom is -0.508 e. The van der Waals surface area contributed by atoms with Crippen molar-refractivity contribution in [3.05, 3.63) is 23.8 Å². The molecule has 92 valence electrons. The summed E-state index contributed by atoms with van der Waals surface area (Å²) in [6.45, 7) is 4.45. The minimum absolute atomic E-state index is 0.111. The van der Waals surface area contributed by atoms with Crippen molar-refractivity contribution in [2.24, 2.45) is 5.92 Å². The lowest BCUT2D eigenvalue weighted by Crippen LogP contribution is -2.31. The van der Waals surface area contributed by atoms with E-state index in [2.05, 4.69) is 5.32 Å². The molecule has 2 rings (SSSR count). The highest BCUT2D eigenvalue weighted by molar-refractivity contribution is 5.94.